The Morgan fingerprint density at radius 2 is 0.786 bits per heavy atom. The van der Waals surface area contributed by atoms with Crippen molar-refractivity contribution in [2.45, 2.75) is 321 Å². The number of nitrogens with zero attached hydrogens (tertiary/aromatic N) is 1. The van der Waals surface area contributed by atoms with E-state index in [2.05, 4.69) is 31.3 Å². The maximum absolute atomic E-state index is 13.0. The fraction of sp³-hybridized carbons (Fsp3) is 0.918. The van der Waals surface area contributed by atoms with Crippen LogP contribution in [0.15, 0.2) is 24.3 Å². The number of allylic oxidation sites excluding steroid dienone is 3. The second-order valence-electron chi connectivity index (χ2n) is 22.4. The second kappa shape index (κ2) is 52.8. The van der Waals surface area contributed by atoms with Gasteiger partial charge in [0.1, 0.15) is 13.2 Å². The van der Waals surface area contributed by atoms with Crippen molar-refractivity contribution in [3.05, 3.63) is 24.3 Å². The van der Waals surface area contributed by atoms with Crippen LogP contribution in [0, 0.1) is 0 Å². The molecule has 0 aliphatic carbocycles. The molecule has 0 bridgehead atoms. The molecule has 9 heteroatoms. The van der Waals surface area contributed by atoms with E-state index in [9.17, 15) is 19.4 Å². The van der Waals surface area contributed by atoms with Gasteiger partial charge in [-0.1, -0.05) is 295 Å². The van der Waals surface area contributed by atoms with Crippen LogP contribution >= 0.6 is 7.82 Å². The van der Waals surface area contributed by atoms with Crippen LogP contribution in [-0.2, 0) is 18.4 Å². The zero-order chi connectivity index (χ0) is 51.3. The highest BCUT2D eigenvalue weighted by Crippen LogP contribution is 2.43. The van der Waals surface area contributed by atoms with E-state index in [0.717, 1.165) is 38.5 Å². The van der Waals surface area contributed by atoms with Gasteiger partial charge in [0, 0.05) is 6.42 Å². The van der Waals surface area contributed by atoms with Crippen molar-refractivity contribution in [3.8, 4) is 0 Å². The summed E-state index contributed by atoms with van der Waals surface area (Å²) >= 11 is 0. The summed E-state index contributed by atoms with van der Waals surface area (Å²) in [6.45, 7) is 4.82. The first kappa shape index (κ1) is 69.0. The number of carbonyl (C=O) groups excluding carboxylic acids is 1. The van der Waals surface area contributed by atoms with Gasteiger partial charge in [-0.15, -0.1) is 0 Å². The molecule has 0 aromatic carbocycles. The highest BCUT2D eigenvalue weighted by Gasteiger charge is 2.27. The minimum Gasteiger partial charge on any atom is -0.387 e. The van der Waals surface area contributed by atoms with E-state index in [1.807, 2.05) is 27.2 Å². The van der Waals surface area contributed by atoms with Gasteiger partial charge in [0.2, 0.25) is 5.91 Å². The van der Waals surface area contributed by atoms with Gasteiger partial charge in [0.25, 0.3) is 0 Å². The third-order valence-corrected chi connectivity index (χ3v) is 15.2. The topological polar surface area (TPSA) is 105 Å². The molecular weight excluding hydrogens is 888 g/mol. The first-order valence-corrected chi connectivity index (χ1v) is 32.2. The van der Waals surface area contributed by atoms with Crippen molar-refractivity contribution in [3.63, 3.8) is 0 Å². The Hall–Kier alpha value is -1.02. The summed E-state index contributed by atoms with van der Waals surface area (Å²) in [5, 5.41) is 13.9. The van der Waals surface area contributed by atoms with Crippen LogP contribution in [0.25, 0.3) is 0 Å². The molecule has 0 aromatic heterocycles. The Balaban J connectivity index is 3.92. The summed E-state index contributed by atoms with van der Waals surface area (Å²) in [4.78, 5) is 23.3. The minimum atomic E-state index is -4.35. The standard InChI is InChI=1S/C61H121N2O6P/c1-6-8-10-12-14-16-18-20-21-22-23-24-25-26-27-28-29-30-31-32-33-34-35-36-37-38-39-40-41-43-45-47-49-51-53-55-61(65)62-59(58-69-70(66,67)68-57-56-63(3,4)5)60(64)54-52-50-48-46-44-42-19-17-15-13-11-9-7-2/h44,46,52,54,59-60,64H,6-43,45,47-51,53,55-58H2,1-5H3,(H-,62,65,66,67)/p+1/b46-44+,54-52+. The normalized spacial score (nSPS) is 14.0. The Morgan fingerprint density at radius 1 is 0.471 bits per heavy atom. The van der Waals surface area contributed by atoms with E-state index >= 15 is 0 Å². The van der Waals surface area contributed by atoms with Crippen LogP contribution < -0.4 is 5.32 Å². The van der Waals surface area contributed by atoms with Gasteiger partial charge in [0.05, 0.1) is 39.9 Å². The molecule has 0 heterocycles. The predicted octanol–water partition coefficient (Wildman–Crippen LogP) is 18.8. The fourth-order valence-corrected chi connectivity index (χ4v) is 10.1. The van der Waals surface area contributed by atoms with Gasteiger partial charge in [0.15, 0.2) is 0 Å². The van der Waals surface area contributed by atoms with Crippen molar-refractivity contribution >= 4 is 13.7 Å². The highest BCUT2D eigenvalue weighted by molar-refractivity contribution is 7.47. The predicted molar refractivity (Wildman–Crippen MR) is 305 cm³/mol. The Morgan fingerprint density at radius 3 is 1.14 bits per heavy atom. The molecule has 3 unspecified atom stereocenters. The summed E-state index contributed by atoms with van der Waals surface area (Å²) in [6.07, 6.45) is 67.5. The molecule has 0 fully saturated rings. The summed E-state index contributed by atoms with van der Waals surface area (Å²) < 4.78 is 23.6. The number of hydrogen-bond acceptors (Lipinski definition) is 5. The number of carbonyl (C=O) groups is 1. The molecule has 8 nitrogen and oxygen atoms in total. The number of phosphoric ester groups is 1. The highest BCUT2D eigenvalue weighted by atomic mass is 31.2. The molecule has 0 aliphatic rings. The average Bonchev–Trinajstić information content (AvgIpc) is 3.32. The molecule has 0 rings (SSSR count). The minimum absolute atomic E-state index is 0.0585. The fourth-order valence-electron chi connectivity index (χ4n) is 9.36. The molecule has 0 radical (unpaired) electrons. The van der Waals surface area contributed by atoms with E-state index < -0.39 is 20.0 Å². The summed E-state index contributed by atoms with van der Waals surface area (Å²) in [6, 6.07) is -0.859. The summed E-state index contributed by atoms with van der Waals surface area (Å²) in [7, 11) is 1.57. The Labute approximate surface area is 436 Å². The van der Waals surface area contributed by atoms with Crippen LogP contribution in [0.3, 0.4) is 0 Å². The van der Waals surface area contributed by atoms with Gasteiger partial charge in [-0.3, -0.25) is 13.8 Å². The molecule has 0 saturated heterocycles. The summed E-state index contributed by atoms with van der Waals surface area (Å²) in [5.74, 6) is -0.181. The Kier molecular flexibility index (Phi) is 52.1. The van der Waals surface area contributed by atoms with E-state index in [1.165, 1.54) is 250 Å². The molecule has 0 aromatic rings. The number of hydrogen-bond donors (Lipinski definition) is 3. The zero-order valence-electron chi connectivity index (χ0n) is 47.5. The number of aliphatic hydroxyl groups excluding tert-OH is 1. The third kappa shape index (κ3) is 54.7. The van der Waals surface area contributed by atoms with Crippen molar-refractivity contribution in [2.75, 3.05) is 40.9 Å². The molecule has 3 N–H and O–H groups in total. The molecule has 0 aliphatic heterocycles. The third-order valence-electron chi connectivity index (χ3n) is 14.2. The lowest BCUT2D eigenvalue weighted by molar-refractivity contribution is -0.870. The number of nitrogens with one attached hydrogen (secondary N) is 1. The quantitative estimate of drug-likeness (QED) is 0.0243. The number of likely N-dealkylation sites (N-methyl/N-ethyl adjacent to an activating group) is 1. The van der Waals surface area contributed by atoms with Gasteiger partial charge in [-0.25, -0.2) is 4.57 Å². The second-order valence-corrected chi connectivity index (χ2v) is 23.9. The van der Waals surface area contributed by atoms with Crippen LogP contribution in [-0.4, -0.2) is 73.4 Å². The van der Waals surface area contributed by atoms with Gasteiger partial charge < -0.3 is 19.8 Å². The zero-order valence-corrected chi connectivity index (χ0v) is 48.4. The lowest BCUT2D eigenvalue weighted by Gasteiger charge is -2.25. The van der Waals surface area contributed by atoms with Crippen LogP contribution in [0.2, 0.25) is 0 Å². The van der Waals surface area contributed by atoms with E-state index in [0.29, 0.717) is 17.4 Å². The monoisotopic (exact) mass is 1010 g/mol. The van der Waals surface area contributed by atoms with Crippen LogP contribution in [0.1, 0.15) is 309 Å². The van der Waals surface area contributed by atoms with Crippen LogP contribution in [0.4, 0.5) is 0 Å². The lowest BCUT2D eigenvalue weighted by atomic mass is 10.0. The SMILES string of the molecule is CCCCCCCCC/C=C/CC/C=C/C(O)C(COP(=O)(O)OCC[N+](C)(C)C)NC(=O)CCCCCCCCCCCCCCCCCCCCCCCCCCCCCCCCCCCCC. The van der Waals surface area contributed by atoms with Gasteiger partial charge >= 0.3 is 7.82 Å². The number of rotatable bonds is 57. The average molecular weight is 1010 g/mol. The molecule has 0 saturated carbocycles. The molecule has 3 atom stereocenters. The number of aliphatic hydroxyl groups is 1. The first-order valence-electron chi connectivity index (χ1n) is 30.7. The van der Waals surface area contributed by atoms with Crippen molar-refractivity contribution < 1.29 is 32.9 Å². The van der Waals surface area contributed by atoms with Crippen molar-refractivity contribution in [2.24, 2.45) is 0 Å². The van der Waals surface area contributed by atoms with E-state index in [-0.39, 0.29) is 19.1 Å². The number of unbranched alkanes of at least 4 members (excludes halogenated alkanes) is 42. The smallest absolute Gasteiger partial charge is 0.387 e. The molecule has 416 valence electrons. The summed E-state index contributed by atoms with van der Waals surface area (Å²) in [5.41, 5.74) is 0. The molecule has 0 spiro atoms. The molecule has 1 amide bonds. The molecule has 70 heavy (non-hydrogen) atoms. The largest absolute Gasteiger partial charge is 0.472 e. The number of phosphoric acid groups is 1. The maximum atomic E-state index is 13.0. The maximum Gasteiger partial charge on any atom is 0.472 e. The van der Waals surface area contributed by atoms with Crippen molar-refractivity contribution in [1.29, 1.82) is 0 Å². The molecular formula is C61H122N2O6P+. The number of quaternary nitrogens is 1. The lowest BCUT2D eigenvalue weighted by Crippen LogP contribution is -2.45. The first-order chi connectivity index (χ1) is 34.0. The van der Waals surface area contributed by atoms with Gasteiger partial charge in [-0.2, -0.15) is 0 Å². The van der Waals surface area contributed by atoms with E-state index in [1.54, 1.807) is 6.08 Å². The van der Waals surface area contributed by atoms with Crippen molar-refractivity contribution in [1.82, 2.24) is 5.32 Å². The van der Waals surface area contributed by atoms with Gasteiger partial charge in [-0.05, 0) is 32.1 Å². The Bertz CT molecular complexity index is 1190. The van der Waals surface area contributed by atoms with Crippen LogP contribution in [0.5, 0.6) is 0 Å². The number of amides is 1. The van der Waals surface area contributed by atoms with E-state index in [4.69, 9.17) is 9.05 Å².